The summed E-state index contributed by atoms with van der Waals surface area (Å²) in [5.74, 6) is -2.42. The first-order valence-corrected chi connectivity index (χ1v) is 3.56. The molecule has 0 bridgehead atoms. The minimum Gasteiger partial charge on any atom is -0.204 e. The number of halogens is 4. The Morgan fingerprint density at radius 1 is 1.25 bits per heavy atom. The molecule has 12 heavy (non-hydrogen) atoms. The Bertz CT molecular complexity index is 371. The maximum atomic E-state index is 12.6. The van der Waals surface area contributed by atoms with Crippen molar-refractivity contribution in [1.29, 1.82) is 5.26 Å². The Labute approximate surface area is 77.1 Å². The normalized spacial score (nSPS) is 9.58. The molecule has 0 heterocycles. The molecule has 0 saturated heterocycles. The summed E-state index contributed by atoms with van der Waals surface area (Å²) in [5.41, 5.74) is -0.180. The smallest absolute Gasteiger partial charge is 0.178 e. The molecule has 62 valence electrons. The molecule has 0 amide bonds. The number of nitrogens with zero attached hydrogens (tertiary/aromatic N) is 1. The Morgan fingerprint density at radius 3 is 2.33 bits per heavy atom. The van der Waals surface area contributed by atoms with Gasteiger partial charge in [-0.2, -0.15) is 5.26 Å². The molecule has 1 rings (SSSR count). The second-order valence-corrected chi connectivity index (χ2v) is 2.72. The number of benzene rings is 1. The molecule has 1 nitrogen and oxygen atoms in total. The summed E-state index contributed by atoms with van der Waals surface area (Å²) in [6.45, 7) is 0. The number of nitriles is 1. The Morgan fingerprint density at radius 2 is 1.83 bits per heavy atom. The van der Waals surface area contributed by atoms with Gasteiger partial charge in [0, 0.05) is 0 Å². The first-order chi connectivity index (χ1) is 5.57. The van der Waals surface area contributed by atoms with E-state index in [1.54, 1.807) is 6.07 Å². The summed E-state index contributed by atoms with van der Waals surface area (Å²) >= 11 is 10.7. The van der Waals surface area contributed by atoms with Crippen LogP contribution in [0.15, 0.2) is 6.07 Å². The SMILES string of the molecule is N#Cc1cc(F)c(F)c(Cl)c1Cl. The standard InChI is InChI=1S/C7HCl2F2N/c8-5-3(2-12)1-4(10)7(11)6(5)9/h1H. The monoisotopic (exact) mass is 207 g/mol. The maximum absolute atomic E-state index is 12.6. The summed E-state index contributed by atoms with van der Waals surface area (Å²) in [6.07, 6.45) is 0. The Hall–Kier alpha value is -0.850. The zero-order valence-corrected chi connectivity index (χ0v) is 7.05. The van der Waals surface area contributed by atoms with E-state index in [4.69, 9.17) is 28.5 Å². The van der Waals surface area contributed by atoms with Gasteiger partial charge in [0.25, 0.3) is 0 Å². The van der Waals surface area contributed by atoms with Crippen LogP contribution in [0.1, 0.15) is 5.56 Å². The Balaban J connectivity index is 3.52. The molecule has 0 radical (unpaired) electrons. The first-order valence-electron chi connectivity index (χ1n) is 2.81. The van der Waals surface area contributed by atoms with Crippen LogP contribution in [0.3, 0.4) is 0 Å². The number of rotatable bonds is 0. The lowest BCUT2D eigenvalue weighted by atomic mass is 10.2. The van der Waals surface area contributed by atoms with Crippen LogP contribution in [0.5, 0.6) is 0 Å². The van der Waals surface area contributed by atoms with E-state index in [9.17, 15) is 8.78 Å². The maximum Gasteiger partial charge on any atom is 0.178 e. The fraction of sp³-hybridized carbons (Fsp3) is 0. The van der Waals surface area contributed by atoms with Crippen molar-refractivity contribution < 1.29 is 8.78 Å². The molecule has 0 atom stereocenters. The van der Waals surface area contributed by atoms with Crippen molar-refractivity contribution in [2.75, 3.05) is 0 Å². The van der Waals surface area contributed by atoms with E-state index in [0.29, 0.717) is 6.07 Å². The number of hydrogen-bond acceptors (Lipinski definition) is 1. The lowest BCUT2D eigenvalue weighted by Gasteiger charge is -1.99. The van der Waals surface area contributed by atoms with Gasteiger partial charge < -0.3 is 0 Å². The molecular weight excluding hydrogens is 207 g/mol. The van der Waals surface area contributed by atoms with Crippen molar-refractivity contribution in [3.8, 4) is 6.07 Å². The first kappa shape index (κ1) is 9.24. The molecular formula is C7HCl2F2N. The fourth-order valence-corrected chi connectivity index (χ4v) is 1.03. The highest BCUT2D eigenvalue weighted by atomic mass is 35.5. The van der Waals surface area contributed by atoms with Crippen molar-refractivity contribution >= 4 is 23.2 Å². The van der Waals surface area contributed by atoms with Gasteiger partial charge in [-0.1, -0.05) is 23.2 Å². The highest BCUT2D eigenvalue weighted by Gasteiger charge is 2.14. The van der Waals surface area contributed by atoms with Gasteiger partial charge in [0.15, 0.2) is 11.6 Å². The minimum absolute atomic E-state index is 0.180. The van der Waals surface area contributed by atoms with Crippen LogP contribution >= 0.6 is 23.2 Å². The quantitative estimate of drug-likeness (QED) is 0.474. The molecule has 1 aromatic rings. The van der Waals surface area contributed by atoms with Crippen LogP contribution in [0.2, 0.25) is 10.0 Å². The van der Waals surface area contributed by atoms with Gasteiger partial charge in [-0.15, -0.1) is 0 Å². The van der Waals surface area contributed by atoms with E-state index < -0.39 is 16.7 Å². The topological polar surface area (TPSA) is 23.8 Å². The van der Waals surface area contributed by atoms with Gasteiger partial charge >= 0.3 is 0 Å². The molecule has 0 spiro atoms. The van der Waals surface area contributed by atoms with Gasteiger partial charge in [-0.3, -0.25) is 0 Å². The van der Waals surface area contributed by atoms with Crippen LogP contribution in [0, 0.1) is 23.0 Å². The molecule has 0 fully saturated rings. The predicted molar refractivity (Wildman–Crippen MR) is 41.1 cm³/mol. The lowest BCUT2D eigenvalue weighted by Crippen LogP contribution is -1.89. The highest BCUT2D eigenvalue weighted by Crippen LogP contribution is 2.29. The average Bonchev–Trinajstić information content (AvgIpc) is 2.08. The molecule has 0 aliphatic heterocycles. The third-order valence-electron chi connectivity index (χ3n) is 1.22. The van der Waals surface area contributed by atoms with Crippen LogP contribution in [0.4, 0.5) is 8.78 Å². The largest absolute Gasteiger partial charge is 0.204 e. The Kier molecular flexibility index (Phi) is 2.51. The van der Waals surface area contributed by atoms with Crippen LogP contribution in [-0.4, -0.2) is 0 Å². The van der Waals surface area contributed by atoms with Crippen molar-refractivity contribution in [1.82, 2.24) is 0 Å². The molecule has 0 N–H and O–H groups in total. The fourth-order valence-electron chi connectivity index (χ4n) is 0.654. The van der Waals surface area contributed by atoms with Crippen LogP contribution < -0.4 is 0 Å². The summed E-state index contributed by atoms with van der Waals surface area (Å²) < 4.78 is 25.1. The van der Waals surface area contributed by atoms with E-state index in [-0.39, 0.29) is 10.6 Å². The summed E-state index contributed by atoms with van der Waals surface area (Å²) in [4.78, 5) is 0. The van der Waals surface area contributed by atoms with Gasteiger partial charge in [-0.05, 0) is 6.07 Å². The molecule has 0 aliphatic carbocycles. The van der Waals surface area contributed by atoms with Gasteiger partial charge in [0.2, 0.25) is 0 Å². The van der Waals surface area contributed by atoms with Crippen molar-refractivity contribution in [3.05, 3.63) is 33.3 Å². The zero-order valence-electron chi connectivity index (χ0n) is 5.54. The third-order valence-corrected chi connectivity index (χ3v) is 2.07. The second kappa shape index (κ2) is 3.26. The van der Waals surface area contributed by atoms with Gasteiger partial charge in [-0.25, -0.2) is 8.78 Å². The van der Waals surface area contributed by atoms with Gasteiger partial charge in [0.05, 0.1) is 15.6 Å². The molecule has 1 aromatic carbocycles. The average molecular weight is 208 g/mol. The molecule has 0 saturated carbocycles. The second-order valence-electron chi connectivity index (χ2n) is 1.96. The molecule has 0 aromatic heterocycles. The number of hydrogen-bond donors (Lipinski definition) is 0. The van der Waals surface area contributed by atoms with E-state index in [1.165, 1.54) is 0 Å². The van der Waals surface area contributed by atoms with E-state index in [2.05, 4.69) is 0 Å². The highest BCUT2D eigenvalue weighted by molar-refractivity contribution is 6.42. The molecule has 5 heteroatoms. The van der Waals surface area contributed by atoms with Crippen LogP contribution in [0.25, 0.3) is 0 Å². The predicted octanol–water partition coefficient (Wildman–Crippen LogP) is 3.14. The van der Waals surface area contributed by atoms with Crippen molar-refractivity contribution in [2.24, 2.45) is 0 Å². The van der Waals surface area contributed by atoms with Crippen molar-refractivity contribution in [3.63, 3.8) is 0 Å². The lowest BCUT2D eigenvalue weighted by molar-refractivity contribution is 0.508. The van der Waals surface area contributed by atoms with E-state index in [0.717, 1.165) is 0 Å². The van der Waals surface area contributed by atoms with Crippen LogP contribution in [-0.2, 0) is 0 Å². The van der Waals surface area contributed by atoms with E-state index >= 15 is 0 Å². The molecule has 0 aliphatic rings. The summed E-state index contributed by atoms with van der Waals surface area (Å²) in [5, 5.41) is 7.55. The molecule has 0 unspecified atom stereocenters. The van der Waals surface area contributed by atoms with Crippen molar-refractivity contribution in [2.45, 2.75) is 0 Å². The minimum atomic E-state index is -1.24. The zero-order chi connectivity index (χ0) is 9.30. The van der Waals surface area contributed by atoms with E-state index in [1.807, 2.05) is 0 Å². The summed E-state index contributed by atoms with van der Waals surface area (Å²) in [7, 11) is 0. The van der Waals surface area contributed by atoms with Gasteiger partial charge in [0.1, 0.15) is 6.07 Å². The third kappa shape index (κ3) is 1.36. The summed E-state index contributed by atoms with van der Waals surface area (Å²) in [6, 6.07) is 2.28.